The number of carbonyl (C=O) groups excluding carboxylic acids is 2. The van der Waals surface area contributed by atoms with Crippen LogP contribution in [0.1, 0.15) is 35.2 Å². The highest BCUT2D eigenvalue weighted by Gasteiger charge is 2.32. The van der Waals surface area contributed by atoms with Gasteiger partial charge in [0.15, 0.2) is 12.4 Å². The number of ether oxygens (including phenoxy) is 1. The zero-order valence-corrected chi connectivity index (χ0v) is 13.6. The molecule has 4 nitrogen and oxygen atoms in total. The van der Waals surface area contributed by atoms with Gasteiger partial charge in [-0.25, -0.2) is 4.39 Å². The first-order valence-corrected chi connectivity index (χ1v) is 7.79. The molecule has 0 saturated heterocycles. The normalized spacial score (nSPS) is 16.0. The van der Waals surface area contributed by atoms with Gasteiger partial charge in [-0.15, -0.1) is 0 Å². The van der Waals surface area contributed by atoms with Crippen LogP contribution in [0.15, 0.2) is 42.5 Å². The van der Waals surface area contributed by atoms with E-state index in [2.05, 4.69) is 0 Å². The number of fused-ring (bicyclic) bond motifs is 1. The van der Waals surface area contributed by atoms with Crippen molar-refractivity contribution in [2.24, 2.45) is 0 Å². The highest BCUT2D eigenvalue weighted by molar-refractivity contribution is 6.04. The van der Waals surface area contributed by atoms with E-state index < -0.39 is 5.82 Å². The number of carbonyl (C=O) groups is 2. The lowest BCUT2D eigenvalue weighted by molar-refractivity contribution is -0.120. The fourth-order valence-electron chi connectivity index (χ4n) is 2.98. The van der Waals surface area contributed by atoms with E-state index >= 15 is 0 Å². The van der Waals surface area contributed by atoms with E-state index in [1.807, 2.05) is 37.3 Å². The van der Waals surface area contributed by atoms with E-state index in [0.717, 1.165) is 5.69 Å². The number of amides is 1. The molecule has 2 aromatic rings. The van der Waals surface area contributed by atoms with Crippen LogP contribution in [0.2, 0.25) is 0 Å². The van der Waals surface area contributed by atoms with Gasteiger partial charge in [-0.1, -0.05) is 25.1 Å². The van der Waals surface area contributed by atoms with Crippen molar-refractivity contribution in [2.75, 3.05) is 18.6 Å². The van der Waals surface area contributed by atoms with Gasteiger partial charge in [0.1, 0.15) is 11.6 Å². The van der Waals surface area contributed by atoms with Gasteiger partial charge in [0.05, 0.1) is 5.56 Å². The number of para-hydroxylation sites is 1. The number of nitrogens with zero attached hydrogens (tertiary/aromatic N) is 1. The van der Waals surface area contributed by atoms with Gasteiger partial charge in [0, 0.05) is 24.7 Å². The van der Waals surface area contributed by atoms with E-state index in [9.17, 15) is 14.0 Å². The molecular weight excluding hydrogens is 309 g/mol. The predicted octanol–water partition coefficient (Wildman–Crippen LogP) is 3.56. The zero-order valence-electron chi connectivity index (χ0n) is 13.6. The Morgan fingerprint density at radius 2 is 1.96 bits per heavy atom. The number of benzene rings is 2. The Morgan fingerprint density at radius 3 is 2.67 bits per heavy atom. The van der Waals surface area contributed by atoms with Gasteiger partial charge in [0.2, 0.25) is 0 Å². The Labute approximate surface area is 139 Å². The van der Waals surface area contributed by atoms with Gasteiger partial charge >= 0.3 is 0 Å². The van der Waals surface area contributed by atoms with Crippen molar-refractivity contribution in [3.05, 3.63) is 59.4 Å². The minimum Gasteiger partial charge on any atom is -0.483 e. The minimum absolute atomic E-state index is 0.143. The third-order valence-corrected chi connectivity index (χ3v) is 4.29. The van der Waals surface area contributed by atoms with Gasteiger partial charge in [-0.05, 0) is 30.2 Å². The molecule has 0 spiro atoms. The van der Waals surface area contributed by atoms with Crippen molar-refractivity contribution in [2.45, 2.75) is 19.3 Å². The smallest absolute Gasteiger partial charge is 0.264 e. The van der Waals surface area contributed by atoms with Gasteiger partial charge in [0.25, 0.3) is 5.91 Å². The monoisotopic (exact) mass is 327 g/mol. The third kappa shape index (κ3) is 2.89. The summed E-state index contributed by atoms with van der Waals surface area (Å²) in [7, 11) is 1.66. The summed E-state index contributed by atoms with van der Waals surface area (Å²) in [5, 5.41) is 0. The van der Waals surface area contributed by atoms with Crippen molar-refractivity contribution < 1.29 is 18.7 Å². The predicted molar refractivity (Wildman–Crippen MR) is 89.1 cm³/mol. The lowest BCUT2D eigenvalue weighted by Crippen LogP contribution is -2.31. The second-order valence-electron chi connectivity index (χ2n) is 5.94. The first-order valence-electron chi connectivity index (χ1n) is 7.79. The summed E-state index contributed by atoms with van der Waals surface area (Å²) in [6, 6.07) is 11.9. The van der Waals surface area contributed by atoms with Gasteiger partial charge in [-0.3, -0.25) is 9.59 Å². The molecule has 0 N–H and O–H groups in total. The number of Topliss-reactive ketones (excluding diaryl/α,β-unsaturated/α-hetero) is 1. The van der Waals surface area contributed by atoms with Crippen LogP contribution in [0, 0.1) is 5.82 Å². The van der Waals surface area contributed by atoms with Crippen molar-refractivity contribution >= 4 is 17.4 Å². The second kappa shape index (κ2) is 6.43. The molecule has 0 radical (unpaired) electrons. The Kier molecular flexibility index (Phi) is 4.34. The molecule has 0 fully saturated rings. The van der Waals surface area contributed by atoms with Crippen LogP contribution < -0.4 is 9.64 Å². The van der Waals surface area contributed by atoms with E-state index in [0.29, 0.717) is 5.56 Å². The van der Waals surface area contributed by atoms with Crippen LogP contribution in [0.5, 0.6) is 5.75 Å². The van der Waals surface area contributed by atoms with Crippen molar-refractivity contribution in [3.63, 3.8) is 0 Å². The summed E-state index contributed by atoms with van der Waals surface area (Å²) in [5.74, 6) is -0.689. The molecule has 2 aromatic carbocycles. The number of ketones is 1. The van der Waals surface area contributed by atoms with Crippen LogP contribution >= 0.6 is 0 Å². The molecule has 0 aromatic heterocycles. The minimum atomic E-state index is -0.400. The molecule has 0 aliphatic heterocycles. The van der Waals surface area contributed by atoms with Crippen LogP contribution in [-0.4, -0.2) is 25.3 Å². The van der Waals surface area contributed by atoms with Crippen LogP contribution in [0.25, 0.3) is 0 Å². The standard InChI is InChI=1S/C19H18FNO3/c1-12-10-15(22)19-16(9-8-14(20)18(12)19)24-11-17(23)21(2)13-6-4-3-5-7-13/h3-9,12H,10-11H2,1-2H3/t12-/m0/s1. The molecule has 1 aliphatic rings. The van der Waals surface area contributed by atoms with Gasteiger partial charge < -0.3 is 9.64 Å². The molecule has 0 saturated carbocycles. The molecular formula is C19H18FNO3. The third-order valence-electron chi connectivity index (χ3n) is 4.29. The molecule has 24 heavy (non-hydrogen) atoms. The summed E-state index contributed by atoms with van der Waals surface area (Å²) < 4.78 is 19.5. The molecule has 1 atom stereocenters. The van der Waals surface area contributed by atoms with Crippen LogP contribution in [-0.2, 0) is 4.79 Å². The van der Waals surface area contributed by atoms with Crippen molar-refractivity contribution in [1.29, 1.82) is 0 Å². The average Bonchev–Trinajstić information content (AvgIpc) is 2.90. The Balaban J connectivity index is 1.76. The van der Waals surface area contributed by atoms with Gasteiger partial charge in [-0.2, -0.15) is 0 Å². The summed E-state index contributed by atoms with van der Waals surface area (Å²) in [5.41, 5.74) is 1.42. The van der Waals surface area contributed by atoms with Crippen LogP contribution in [0.4, 0.5) is 10.1 Å². The maximum absolute atomic E-state index is 14.0. The maximum atomic E-state index is 14.0. The molecule has 1 aliphatic carbocycles. The van der Waals surface area contributed by atoms with Crippen molar-refractivity contribution in [1.82, 2.24) is 0 Å². The zero-order chi connectivity index (χ0) is 17.3. The molecule has 0 bridgehead atoms. The van der Waals surface area contributed by atoms with E-state index in [1.165, 1.54) is 17.0 Å². The van der Waals surface area contributed by atoms with E-state index in [1.54, 1.807) is 7.05 Å². The highest BCUT2D eigenvalue weighted by atomic mass is 19.1. The molecule has 3 rings (SSSR count). The Bertz CT molecular complexity index is 789. The number of likely N-dealkylation sites (N-methyl/N-ethyl adjacent to an activating group) is 1. The maximum Gasteiger partial charge on any atom is 0.264 e. The molecule has 124 valence electrons. The van der Waals surface area contributed by atoms with E-state index in [4.69, 9.17) is 4.74 Å². The summed E-state index contributed by atoms with van der Waals surface area (Å²) in [6.45, 7) is 1.59. The molecule has 0 heterocycles. The van der Waals surface area contributed by atoms with Crippen LogP contribution in [0.3, 0.4) is 0 Å². The van der Waals surface area contributed by atoms with E-state index in [-0.39, 0.29) is 41.9 Å². The lowest BCUT2D eigenvalue weighted by Gasteiger charge is -2.18. The van der Waals surface area contributed by atoms with Crippen molar-refractivity contribution in [3.8, 4) is 5.75 Å². The Hall–Kier alpha value is -2.69. The molecule has 1 amide bonds. The first-order chi connectivity index (χ1) is 11.5. The number of anilines is 1. The number of rotatable bonds is 4. The fourth-order valence-corrected chi connectivity index (χ4v) is 2.98. The Morgan fingerprint density at radius 1 is 1.25 bits per heavy atom. The molecule has 0 unspecified atom stereocenters. The number of halogens is 1. The summed E-state index contributed by atoms with van der Waals surface area (Å²) in [4.78, 5) is 25.9. The number of hydrogen-bond donors (Lipinski definition) is 0. The summed E-state index contributed by atoms with van der Waals surface area (Å²) in [6.07, 6.45) is 0.268. The fraction of sp³-hybridized carbons (Fsp3) is 0.263. The second-order valence-corrected chi connectivity index (χ2v) is 5.94. The summed E-state index contributed by atoms with van der Waals surface area (Å²) >= 11 is 0. The highest BCUT2D eigenvalue weighted by Crippen LogP contribution is 2.39. The SMILES string of the molecule is C[C@H]1CC(=O)c2c(OCC(=O)N(C)c3ccccc3)ccc(F)c21. The molecule has 5 heteroatoms. The topological polar surface area (TPSA) is 46.6 Å². The lowest BCUT2D eigenvalue weighted by atomic mass is 10.0. The first kappa shape index (κ1) is 16.2. The number of hydrogen-bond acceptors (Lipinski definition) is 3. The quantitative estimate of drug-likeness (QED) is 0.862. The average molecular weight is 327 g/mol. The largest absolute Gasteiger partial charge is 0.483 e.